The third-order valence-corrected chi connectivity index (χ3v) is 5.19. The van der Waals surface area contributed by atoms with Crippen LogP contribution in [0.5, 0.6) is 5.75 Å². The summed E-state index contributed by atoms with van der Waals surface area (Å²) < 4.78 is 13.7. The van der Waals surface area contributed by atoms with Gasteiger partial charge in [0.15, 0.2) is 0 Å². The second kappa shape index (κ2) is 8.11. The summed E-state index contributed by atoms with van der Waals surface area (Å²) in [5.41, 5.74) is 4.33. The summed E-state index contributed by atoms with van der Waals surface area (Å²) in [4.78, 5) is 4.65. The Balaban J connectivity index is 1.30. The second-order valence-corrected chi connectivity index (χ2v) is 7.31. The predicted molar refractivity (Wildman–Crippen MR) is 106 cm³/mol. The van der Waals surface area contributed by atoms with Crippen LogP contribution in [0.25, 0.3) is 5.65 Å². The summed E-state index contributed by atoms with van der Waals surface area (Å²) in [5, 5.41) is 3.56. The highest BCUT2D eigenvalue weighted by atomic mass is 16.5. The van der Waals surface area contributed by atoms with Crippen molar-refractivity contribution in [1.29, 1.82) is 0 Å². The van der Waals surface area contributed by atoms with Crippen molar-refractivity contribution in [3.8, 4) is 5.75 Å². The van der Waals surface area contributed by atoms with Gasteiger partial charge < -0.3 is 19.2 Å². The molecule has 4 rings (SSSR count). The van der Waals surface area contributed by atoms with Gasteiger partial charge in [0.05, 0.1) is 11.8 Å². The van der Waals surface area contributed by atoms with Crippen LogP contribution in [0, 0.1) is 6.92 Å². The number of pyridine rings is 1. The standard InChI is InChI=1S/C22H27N3O2/c1-16-5-3-11-25-14-19(24-22(16)25)15-27-20-9-7-18(8-10-20)13-23-17(2)21-6-4-12-26-21/h3,5,7-11,14,17,21,23H,4,6,12-13,15H2,1-2H3. The van der Waals surface area contributed by atoms with Crippen LogP contribution in [-0.4, -0.2) is 28.1 Å². The zero-order valence-corrected chi connectivity index (χ0v) is 16.0. The van der Waals surface area contributed by atoms with Crippen LogP contribution >= 0.6 is 0 Å². The lowest BCUT2D eigenvalue weighted by Crippen LogP contribution is -2.36. The van der Waals surface area contributed by atoms with Gasteiger partial charge in [0.2, 0.25) is 0 Å². The van der Waals surface area contributed by atoms with Crippen LogP contribution in [-0.2, 0) is 17.9 Å². The Morgan fingerprint density at radius 3 is 2.89 bits per heavy atom. The highest BCUT2D eigenvalue weighted by Crippen LogP contribution is 2.18. The normalized spacial score (nSPS) is 18.1. The molecule has 2 atom stereocenters. The molecular formula is C22H27N3O2. The van der Waals surface area contributed by atoms with Crippen LogP contribution in [0.3, 0.4) is 0 Å². The Morgan fingerprint density at radius 1 is 1.30 bits per heavy atom. The average molecular weight is 365 g/mol. The SMILES string of the molecule is Cc1cccn2cc(COc3ccc(CNC(C)C4CCCO4)cc3)nc12. The second-order valence-electron chi connectivity index (χ2n) is 7.31. The van der Waals surface area contributed by atoms with Gasteiger partial charge in [-0.2, -0.15) is 0 Å². The Kier molecular flexibility index (Phi) is 5.41. The third kappa shape index (κ3) is 4.31. The summed E-state index contributed by atoms with van der Waals surface area (Å²) in [7, 11) is 0. The highest BCUT2D eigenvalue weighted by Gasteiger charge is 2.21. The fourth-order valence-corrected chi connectivity index (χ4v) is 3.54. The summed E-state index contributed by atoms with van der Waals surface area (Å²) in [5.74, 6) is 0.861. The van der Waals surface area contributed by atoms with Gasteiger partial charge in [-0.1, -0.05) is 18.2 Å². The smallest absolute Gasteiger partial charge is 0.140 e. The maximum Gasteiger partial charge on any atom is 0.140 e. The van der Waals surface area contributed by atoms with Crippen LogP contribution in [0.2, 0.25) is 0 Å². The minimum absolute atomic E-state index is 0.349. The largest absolute Gasteiger partial charge is 0.487 e. The van der Waals surface area contributed by atoms with E-state index in [-0.39, 0.29) is 0 Å². The molecule has 0 radical (unpaired) electrons. The molecule has 0 saturated carbocycles. The summed E-state index contributed by atoms with van der Waals surface area (Å²) in [6.45, 7) is 6.47. The van der Waals surface area contributed by atoms with Crippen LogP contribution in [0.15, 0.2) is 48.8 Å². The van der Waals surface area contributed by atoms with Gasteiger partial charge in [0.1, 0.15) is 18.0 Å². The van der Waals surface area contributed by atoms with Crippen molar-refractivity contribution in [3.05, 3.63) is 65.6 Å². The van der Waals surface area contributed by atoms with Crippen LogP contribution in [0.4, 0.5) is 0 Å². The number of nitrogens with one attached hydrogen (secondary N) is 1. The van der Waals surface area contributed by atoms with E-state index in [4.69, 9.17) is 9.47 Å². The van der Waals surface area contributed by atoms with E-state index in [1.807, 2.05) is 35.0 Å². The topological polar surface area (TPSA) is 47.8 Å². The van der Waals surface area contributed by atoms with Gasteiger partial charge in [-0.15, -0.1) is 0 Å². The van der Waals surface area contributed by atoms with Crippen LogP contribution < -0.4 is 10.1 Å². The van der Waals surface area contributed by atoms with Gasteiger partial charge in [-0.05, 0) is 56.0 Å². The maximum atomic E-state index is 5.91. The first kappa shape index (κ1) is 18.0. The van der Waals surface area contributed by atoms with E-state index in [9.17, 15) is 0 Å². The van der Waals surface area contributed by atoms with E-state index in [0.29, 0.717) is 18.8 Å². The molecule has 1 N–H and O–H groups in total. The molecule has 27 heavy (non-hydrogen) atoms. The molecule has 142 valence electrons. The third-order valence-electron chi connectivity index (χ3n) is 5.19. The fraction of sp³-hybridized carbons (Fsp3) is 0.409. The van der Waals surface area contributed by atoms with Crippen molar-refractivity contribution in [1.82, 2.24) is 14.7 Å². The van der Waals surface area contributed by atoms with E-state index in [0.717, 1.165) is 42.2 Å². The van der Waals surface area contributed by atoms with Crippen molar-refractivity contribution < 1.29 is 9.47 Å². The van der Waals surface area contributed by atoms with E-state index >= 15 is 0 Å². The first-order valence-corrected chi connectivity index (χ1v) is 9.69. The predicted octanol–water partition coefficient (Wildman–Crippen LogP) is 3.88. The van der Waals surface area contributed by atoms with Crippen molar-refractivity contribution in [2.45, 2.75) is 52.0 Å². The molecule has 0 aliphatic carbocycles. The molecule has 5 nitrogen and oxygen atoms in total. The molecule has 3 aromatic rings. The molecule has 0 amide bonds. The minimum Gasteiger partial charge on any atom is -0.487 e. The molecule has 5 heteroatoms. The molecule has 1 aliphatic rings. The molecular weight excluding hydrogens is 338 g/mol. The Morgan fingerprint density at radius 2 is 2.15 bits per heavy atom. The number of aryl methyl sites for hydroxylation is 1. The number of imidazole rings is 1. The molecule has 0 bridgehead atoms. The minimum atomic E-state index is 0.349. The number of hydrogen-bond acceptors (Lipinski definition) is 4. The van der Waals surface area contributed by atoms with Crippen LogP contribution in [0.1, 0.15) is 36.6 Å². The lowest BCUT2D eigenvalue weighted by molar-refractivity contribution is 0.0832. The number of nitrogens with zero attached hydrogens (tertiary/aromatic N) is 2. The van der Waals surface area contributed by atoms with Crippen molar-refractivity contribution in [2.24, 2.45) is 0 Å². The zero-order valence-electron chi connectivity index (χ0n) is 16.0. The van der Waals surface area contributed by atoms with Gasteiger partial charge in [0.25, 0.3) is 0 Å². The van der Waals surface area contributed by atoms with Gasteiger partial charge in [0, 0.05) is 31.6 Å². The van der Waals surface area contributed by atoms with Gasteiger partial charge in [-0.3, -0.25) is 0 Å². The Bertz CT molecular complexity index is 882. The lowest BCUT2D eigenvalue weighted by Gasteiger charge is -2.20. The average Bonchev–Trinajstić information content (AvgIpc) is 3.36. The molecule has 2 unspecified atom stereocenters. The Hall–Kier alpha value is -2.37. The lowest BCUT2D eigenvalue weighted by atomic mass is 10.1. The molecule has 3 heterocycles. The summed E-state index contributed by atoms with van der Waals surface area (Å²) in [6.07, 6.45) is 6.71. The number of benzene rings is 1. The van der Waals surface area contributed by atoms with E-state index in [2.05, 4.69) is 42.3 Å². The first-order chi connectivity index (χ1) is 13.2. The van der Waals surface area contributed by atoms with Crippen molar-refractivity contribution >= 4 is 5.65 Å². The fourth-order valence-electron chi connectivity index (χ4n) is 3.54. The summed E-state index contributed by atoms with van der Waals surface area (Å²) in [6, 6.07) is 12.7. The number of hydrogen-bond donors (Lipinski definition) is 1. The highest BCUT2D eigenvalue weighted by molar-refractivity contribution is 5.47. The maximum absolute atomic E-state index is 5.91. The summed E-state index contributed by atoms with van der Waals surface area (Å²) >= 11 is 0. The monoisotopic (exact) mass is 365 g/mol. The van der Waals surface area contributed by atoms with E-state index in [1.165, 1.54) is 12.0 Å². The molecule has 1 aliphatic heterocycles. The van der Waals surface area contributed by atoms with E-state index < -0.39 is 0 Å². The molecule has 1 aromatic carbocycles. The zero-order chi connectivity index (χ0) is 18.6. The number of aromatic nitrogens is 2. The molecule has 0 spiro atoms. The van der Waals surface area contributed by atoms with Gasteiger partial charge in [-0.25, -0.2) is 4.98 Å². The van der Waals surface area contributed by atoms with Crippen molar-refractivity contribution in [2.75, 3.05) is 6.61 Å². The molecule has 2 aromatic heterocycles. The Labute approximate surface area is 160 Å². The molecule has 1 fully saturated rings. The first-order valence-electron chi connectivity index (χ1n) is 9.69. The number of fused-ring (bicyclic) bond motifs is 1. The quantitative estimate of drug-likeness (QED) is 0.690. The number of rotatable bonds is 7. The number of ether oxygens (including phenoxy) is 2. The van der Waals surface area contributed by atoms with Crippen molar-refractivity contribution in [3.63, 3.8) is 0 Å². The molecule has 1 saturated heterocycles. The van der Waals surface area contributed by atoms with Gasteiger partial charge >= 0.3 is 0 Å². The van der Waals surface area contributed by atoms with E-state index in [1.54, 1.807) is 0 Å².